The summed E-state index contributed by atoms with van der Waals surface area (Å²) in [4.78, 5) is 43.7. The molecule has 3 heterocycles. The summed E-state index contributed by atoms with van der Waals surface area (Å²) in [6, 6.07) is 22.7. The molecule has 41 heavy (non-hydrogen) atoms. The molecule has 214 valence electrons. The van der Waals surface area contributed by atoms with Crippen LogP contribution in [0.1, 0.15) is 24.0 Å². The number of amides is 1. The van der Waals surface area contributed by atoms with Gasteiger partial charge in [-0.25, -0.2) is 20.0 Å². The number of fused-ring (bicyclic) bond motifs is 1. The van der Waals surface area contributed by atoms with E-state index in [-0.39, 0.29) is 11.4 Å². The maximum Gasteiger partial charge on any atom is 0.235 e. The van der Waals surface area contributed by atoms with Gasteiger partial charge in [-0.1, -0.05) is 60.7 Å². The van der Waals surface area contributed by atoms with Gasteiger partial charge in [-0.05, 0) is 36.5 Å². The van der Waals surface area contributed by atoms with Gasteiger partial charge in [0, 0.05) is 38.9 Å². The van der Waals surface area contributed by atoms with E-state index in [0.29, 0.717) is 13.1 Å². The third kappa shape index (κ3) is 7.22. The zero-order chi connectivity index (χ0) is 29.1. The molecule has 0 radical (unpaired) electrons. The first-order valence-electron chi connectivity index (χ1n) is 13.7. The van der Waals surface area contributed by atoms with Crippen LogP contribution in [0.4, 0.5) is 5.82 Å². The number of nitrogens with one attached hydrogen (secondary N) is 2. The molecule has 4 aromatic rings. The predicted molar refractivity (Wildman–Crippen MR) is 159 cm³/mol. The lowest BCUT2D eigenvalue weighted by Gasteiger charge is -2.47. The lowest BCUT2D eigenvalue weighted by atomic mass is 10.1. The number of anilines is 1. The standard InChI is InChI=1S/C29H33N7O.2CH2O/c37-26(31-19-24-9-5-2-6-10-24)20-35(16-12-23-7-3-1-4-8-23)36-18-17-34(21-29(36)13-14-29)28-25-11-15-30-27(25)32-22-33-28;2*1-2/h1-11,15,22H,12-14,16-21H2,(H,31,37)(H,30,32,33);2*1H2. The third-order valence-electron chi connectivity index (χ3n) is 7.58. The maximum absolute atomic E-state index is 13.1. The Kier molecular flexibility index (Phi) is 10.3. The van der Waals surface area contributed by atoms with Gasteiger partial charge < -0.3 is 24.8 Å². The molecule has 6 rings (SSSR count). The quantitative estimate of drug-likeness (QED) is 0.324. The zero-order valence-electron chi connectivity index (χ0n) is 23.2. The first kappa shape index (κ1) is 29.6. The molecule has 2 fully saturated rings. The molecule has 0 atom stereocenters. The topological polar surface area (TPSA) is 115 Å². The van der Waals surface area contributed by atoms with Crippen molar-refractivity contribution in [2.45, 2.75) is 31.3 Å². The van der Waals surface area contributed by atoms with Crippen LogP contribution in [-0.4, -0.2) is 82.7 Å². The molecule has 1 saturated heterocycles. The molecular weight excluding hydrogens is 518 g/mol. The summed E-state index contributed by atoms with van der Waals surface area (Å²) in [6.45, 7) is 8.32. The number of carbonyl (C=O) groups excluding carboxylic acids is 3. The molecule has 2 N–H and O–H groups in total. The molecule has 2 aromatic carbocycles. The van der Waals surface area contributed by atoms with E-state index in [4.69, 9.17) is 9.59 Å². The van der Waals surface area contributed by atoms with Gasteiger partial charge in [0.15, 0.2) is 0 Å². The van der Waals surface area contributed by atoms with E-state index in [0.717, 1.165) is 67.9 Å². The largest absolute Gasteiger partial charge is 0.353 e. The minimum atomic E-state index is 0.0439. The van der Waals surface area contributed by atoms with Crippen molar-refractivity contribution in [3.05, 3.63) is 90.4 Å². The normalized spacial score (nSPS) is 15.5. The predicted octanol–water partition coefficient (Wildman–Crippen LogP) is 3.02. The van der Waals surface area contributed by atoms with Crippen molar-refractivity contribution >= 4 is 36.3 Å². The average Bonchev–Trinajstić information content (AvgIpc) is 3.62. The molecule has 1 spiro atoms. The summed E-state index contributed by atoms with van der Waals surface area (Å²) < 4.78 is 0. The van der Waals surface area contributed by atoms with Crippen LogP contribution < -0.4 is 10.2 Å². The maximum atomic E-state index is 13.1. The number of aromatic amines is 1. The molecular formula is C31H37N7O3. The van der Waals surface area contributed by atoms with E-state index in [9.17, 15) is 4.79 Å². The van der Waals surface area contributed by atoms with Crippen LogP contribution >= 0.6 is 0 Å². The molecule has 1 aliphatic carbocycles. The first-order valence-corrected chi connectivity index (χ1v) is 13.7. The number of benzene rings is 2. The summed E-state index contributed by atoms with van der Waals surface area (Å²) in [6.07, 6.45) is 6.71. The molecule has 2 aromatic heterocycles. The lowest BCUT2D eigenvalue weighted by molar-refractivity contribution is -0.133. The minimum Gasteiger partial charge on any atom is -0.353 e. The van der Waals surface area contributed by atoms with Crippen molar-refractivity contribution in [1.29, 1.82) is 0 Å². The first-order chi connectivity index (χ1) is 20.2. The summed E-state index contributed by atoms with van der Waals surface area (Å²) >= 11 is 0. The highest BCUT2D eigenvalue weighted by Gasteiger charge is 2.53. The molecule has 1 saturated carbocycles. The van der Waals surface area contributed by atoms with E-state index in [1.165, 1.54) is 5.56 Å². The van der Waals surface area contributed by atoms with Crippen molar-refractivity contribution in [2.24, 2.45) is 0 Å². The van der Waals surface area contributed by atoms with Crippen molar-refractivity contribution in [3.63, 3.8) is 0 Å². The Morgan fingerprint density at radius 3 is 2.29 bits per heavy atom. The van der Waals surface area contributed by atoms with Gasteiger partial charge >= 0.3 is 0 Å². The minimum absolute atomic E-state index is 0.0439. The molecule has 0 unspecified atom stereocenters. The summed E-state index contributed by atoms with van der Waals surface area (Å²) in [7, 11) is 0. The monoisotopic (exact) mass is 555 g/mol. The molecule has 1 amide bonds. The fourth-order valence-electron chi connectivity index (χ4n) is 5.47. The van der Waals surface area contributed by atoms with E-state index >= 15 is 0 Å². The summed E-state index contributed by atoms with van der Waals surface area (Å²) in [5.41, 5.74) is 3.32. The number of piperazine rings is 1. The number of hydrogen-bond acceptors (Lipinski definition) is 8. The highest BCUT2D eigenvalue weighted by molar-refractivity contribution is 5.87. The van der Waals surface area contributed by atoms with Crippen LogP contribution in [0.3, 0.4) is 0 Å². The fraction of sp³-hybridized carbons (Fsp3) is 0.323. The molecule has 2 aliphatic rings. The SMILES string of the molecule is C=O.C=O.O=C(CN(CCc1ccccc1)N1CCN(c2ncnc3[nH]ccc23)CC12CC2)NCc1ccccc1. The van der Waals surface area contributed by atoms with Crippen molar-refractivity contribution in [1.82, 2.24) is 30.3 Å². The Balaban J connectivity index is 0.000000929. The van der Waals surface area contributed by atoms with Crippen LogP contribution in [0.25, 0.3) is 11.0 Å². The van der Waals surface area contributed by atoms with Gasteiger partial charge in [-0.2, -0.15) is 0 Å². The lowest BCUT2D eigenvalue weighted by Crippen LogP contribution is -2.62. The Bertz CT molecular complexity index is 1380. The van der Waals surface area contributed by atoms with E-state index < -0.39 is 0 Å². The highest BCUT2D eigenvalue weighted by Crippen LogP contribution is 2.46. The second kappa shape index (κ2) is 14.3. The van der Waals surface area contributed by atoms with Gasteiger partial charge in [0.05, 0.1) is 17.5 Å². The number of hydrazine groups is 1. The van der Waals surface area contributed by atoms with Crippen LogP contribution in [0.2, 0.25) is 0 Å². The number of aromatic nitrogens is 3. The van der Waals surface area contributed by atoms with Crippen LogP contribution in [0.15, 0.2) is 79.3 Å². The van der Waals surface area contributed by atoms with E-state index in [1.807, 2.05) is 56.2 Å². The summed E-state index contributed by atoms with van der Waals surface area (Å²) in [5, 5.41) is 8.98. The smallest absolute Gasteiger partial charge is 0.235 e. The Hall–Kier alpha value is -4.41. The number of nitrogens with zero attached hydrogens (tertiary/aromatic N) is 5. The molecule has 0 bridgehead atoms. The van der Waals surface area contributed by atoms with E-state index in [1.54, 1.807) is 6.33 Å². The average molecular weight is 556 g/mol. The molecule has 1 aliphatic heterocycles. The number of H-pyrrole nitrogens is 1. The molecule has 10 heteroatoms. The van der Waals surface area contributed by atoms with Gasteiger partial charge in [-0.15, -0.1) is 0 Å². The zero-order valence-corrected chi connectivity index (χ0v) is 23.2. The van der Waals surface area contributed by atoms with Crippen LogP contribution in [0.5, 0.6) is 0 Å². The third-order valence-corrected chi connectivity index (χ3v) is 7.58. The molecule has 10 nitrogen and oxygen atoms in total. The van der Waals surface area contributed by atoms with Crippen LogP contribution in [-0.2, 0) is 27.3 Å². The second-order valence-corrected chi connectivity index (χ2v) is 10.1. The fourth-order valence-corrected chi connectivity index (χ4v) is 5.47. The van der Waals surface area contributed by atoms with Gasteiger partial charge in [0.1, 0.15) is 31.4 Å². The Labute approximate surface area is 240 Å². The summed E-state index contributed by atoms with van der Waals surface area (Å²) in [5.74, 6) is 1.05. The van der Waals surface area contributed by atoms with Gasteiger partial charge in [0.2, 0.25) is 5.91 Å². The highest BCUT2D eigenvalue weighted by atomic mass is 16.2. The van der Waals surface area contributed by atoms with Crippen molar-refractivity contribution < 1.29 is 14.4 Å². The van der Waals surface area contributed by atoms with Crippen LogP contribution in [0, 0.1) is 0 Å². The van der Waals surface area contributed by atoms with Gasteiger partial charge in [0.25, 0.3) is 0 Å². The second-order valence-electron chi connectivity index (χ2n) is 10.1. The van der Waals surface area contributed by atoms with Crippen molar-refractivity contribution in [3.8, 4) is 0 Å². The Morgan fingerprint density at radius 1 is 0.927 bits per heavy atom. The van der Waals surface area contributed by atoms with Crippen molar-refractivity contribution in [2.75, 3.05) is 37.6 Å². The number of rotatable bonds is 9. The van der Waals surface area contributed by atoms with Gasteiger partial charge in [-0.3, -0.25) is 4.79 Å². The Morgan fingerprint density at radius 2 is 1.61 bits per heavy atom. The number of hydrogen-bond donors (Lipinski definition) is 2. The number of carbonyl (C=O) groups is 3. The van der Waals surface area contributed by atoms with E-state index in [2.05, 4.69) is 65.5 Å².